The Hall–Kier alpha value is -1.33. The number of unbranched alkanes of at least 4 members (excludes halogenated alkanes) is 1. The molecule has 130 valence electrons. The van der Waals surface area contributed by atoms with Gasteiger partial charge in [0.1, 0.15) is 7.85 Å². The number of likely N-dealkylation sites (tertiary alicyclic amines) is 1. The Bertz CT molecular complexity index is 566. The molecule has 4 nitrogen and oxygen atoms in total. The highest BCUT2D eigenvalue weighted by Crippen LogP contribution is 2.29. The normalized spacial score (nSPS) is 27.1. The summed E-state index contributed by atoms with van der Waals surface area (Å²) < 4.78 is 0. The minimum atomic E-state index is -0.610. The lowest BCUT2D eigenvalue weighted by atomic mass is 9.89. The van der Waals surface area contributed by atoms with E-state index < -0.39 is 5.97 Å². The number of carboxylic acids is 1. The van der Waals surface area contributed by atoms with Crippen LogP contribution in [-0.4, -0.2) is 49.5 Å². The van der Waals surface area contributed by atoms with Gasteiger partial charge in [0.05, 0.1) is 5.92 Å². The van der Waals surface area contributed by atoms with Gasteiger partial charge < -0.3 is 15.3 Å². The molecular weight excluding hydrogens is 299 g/mol. The van der Waals surface area contributed by atoms with Crippen LogP contribution in [0.2, 0.25) is 6.32 Å². The van der Waals surface area contributed by atoms with Gasteiger partial charge in [0.15, 0.2) is 0 Å². The zero-order valence-electron chi connectivity index (χ0n) is 14.7. The third-order valence-corrected chi connectivity index (χ3v) is 5.66. The van der Waals surface area contributed by atoms with Crippen LogP contribution < -0.4 is 5.32 Å². The van der Waals surface area contributed by atoms with E-state index >= 15 is 0 Å². The van der Waals surface area contributed by atoms with Gasteiger partial charge in [-0.15, -0.1) is 0 Å². The highest BCUT2D eigenvalue weighted by atomic mass is 16.4. The number of benzene rings is 1. The zero-order chi connectivity index (χ0) is 16.9. The second-order valence-corrected chi connectivity index (χ2v) is 7.47. The summed E-state index contributed by atoms with van der Waals surface area (Å²) >= 11 is 0. The van der Waals surface area contributed by atoms with E-state index in [2.05, 4.69) is 42.3 Å². The molecule has 2 aliphatic rings. The molecule has 3 rings (SSSR count). The molecule has 0 unspecified atom stereocenters. The van der Waals surface area contributed by atoms with E-state index in [1.807, 2.05) is 0 Å². The number of carbonyl (C=O) groups is 1. The van der Waals surface area contributed by atoms with Gasteiger partial charge in [-0.2, -0.15) is 0 Å². The quantitative estimate of drug-likeness (QED) is 0.589. The number of nitrogens with zero attached hydrogens (tertiary/aromatic N) is 1. The Balaban J connectivity index is 1.55. The van der Waals surface area contributed by atoms with E-state index in [-0.39, 0.29) is 5.92 Å². The first-order valence-corrected chi connectivity index (χ1v) is 9.42. The van der Waals surface area contributed by atoms with Gasteiger partial charge in [0, 0.05) is 32.2 Å². The fourth-order valence-electron chi connectivity index (χ4n) is 4.30. The zero-order valence-corrected chi connectivity index (χ0v) is 14.7. The molecule has 1 aromatic rings. The standard InChI is InChI=1S/C19H29BN2O2/c20-8-4-3-7-16-11-22(13-18(16)19(23)24)12-17-9-14-5-1-2-6-15(14)10-21-17/h1-2,5-6,16-18,21H,3-4,7-13,20H2,(H,23,24)/t16-,17-,18+/m0/s1. The van der Waals surface area contributed by atoms with Gasteiger partial charge in [0.25, 0.3) is 0 Å². The first kappa shape index (κ1) is 17.5. The van der Waals surface area contributed by atoms with Crippen molar-refractivity contribution in [3.63, 3.8) is 0 Å². The lowest BCUT2D eigenvalue weighted by Crippen LogP contribution is -2.44. The summed E-state index contributed by atoms with van der Waals surface area (Å²) in [6.07, 6.45) is 5.67. The van der Waals surface area contributed by atoms with E-state index in [0.717, 1.165) is 38.9 Å². The van der Waals surface area contributed by atoms with Crippen molar-refractivity contribution in [3.8, 4) is 0 Å². The summed E-state index contributed by atoms with van der Waals surface area (Å²) in [6, 6.07) is 9.06. The maximum absolute atomic E-state index is 11.6. The van der Waals surface area contributed by atoms with Crippen LogP contribution in [0.15, 0.2) is 24.3 Å². The molecule has 5 heteroatoms. The largest absolute Gasteiger partial charge is 0.481 e. The van der Waals surface area contributed by atoms with E-state index in [0.29, 0.717) is 18.5 Å². The van der Waals surface area contributed by atoms with Crippen molar-refractivity contribution in [3.05, 3.63) is 35.4 Å². The molecular formula is C19H29BN2O2. The van der Waals surface area contributed by atoms with Gasteiger partial charge >= 0.3 is 5.97 Å². The SMILES string of the molecule is BCCCC[C@H]1CN(C[C@@H]2Cc3ccccc3CN2)C[C@H]1C(=O)O. The third-order valence-electron chi connectivity index (χ3n) is 5.66. The Morgan fingerprint density at radius 3 is 2.79 bits per heavy atom. The van der Waals surface area contributed by atoms with Crippen LogP contribution in [0.4, 0.5) is 0 Å². The van der Waals surface area contributed by atoms with E-state index in [4.69, 9.17) is 0 Å². The predicted molar refractivity (Wildman–Crippen MR) is 99.0 cm³/mol. The summed E-state index contributed by atoms with van der Waals surface area (Å²) in [6.45, 7) is 3.55. The van der Waals surface area contributed by atoms with Crippen molar-refractivity contribution >= 4 is 13.8 Å². The van der Waals surface area contributed by atoms with Gasteiger partial charge in [0.2, 0.25) is 0 Å². The molecule has 0 saturated carbocycles. The molecule has 0 aromatic heterocycles. The second-order valence-electron chi connectivity index (χ2n) is 7.47. The molecule has 0 amide bonds. The number of hydrogen-bond donors (Lipinski definition) is 2. The molecule has 3 atom stereocenters. The van der Waals surface area contributed by atoms with Gasteiger partial charge in [-0.05, 0) is 29.9 Å². The Morgan fingerprint density at radius 1 is 1.25 bits per heavy atom. The summed E-state index contributed by atoms with van der Waals surface area (Å²) in [4.78, 5) is 14.0. The van der Waals surface area contributed by atoms with Crippen molar-refractivity contribution in [2.75, 3.05) is 19.6 Å². The molecule has 24 heavy (non-hydrogen) atoms. The predicted octanol–water partition coefficient (Wildman–Crippen LogP) is 1.56. The first-order valence-electron chi connectivity index (χ1n) is 9.42. The summed E-state index contributed by atoms with van der Waals surface area (Å²) in [7, 11) is 2.20. The summed E-state index contributed by atoms with van der Waals surface area (Å²) in [5.74, 6) is -0.469. The number of aliphatic carboxylic acids is 1. The van der Waals surface area contributed by atoms with Crippen LogP contribution >= 0.6 is 0 Å². The van der Waals surface area contributed by atoms with Crippen molar-refractivity contribution in [1.29, 1.82) is 0 Å². The third kappa shape index (κ3) is 4.20. The van der Waals surface area contributed by atoms with Crippen molar-refractivity contribution in [2.45, 2.75) is 44.6 Å². The molecule has 2 heterocycles. The molecule has 0 spiro atoms. The van der Waals surface area contributed by atoms with E-state index in [9.17, 15) is 9.90 Å². The van der Waals surface area contributed by atoms with Crippen LogP contribution in [-0.2, 0) is 17.8 Å². The Kier molecular flexibility index (Phi) is 5.96. The molecule has 1 aromatic carbocycles. The fraction of sp³-hybridized carbons (Fsp3) is 0.632. The number of fused-ring (bicyclic) bond motifs is 1. The van der Waals surface area contributed by atoms with Crippen LogP contribution in [0.1, 0.15) is 30.4 Å². The first-order chi connectivity index (χ1) is 11.7. The van der Waals surface area contributed by atoms with Crippen molar-refractivity contribution < 1.29 is 9.90 Å². The number of rotatable bonds is 7. The topological polar surface area (TPSA) is 52.6 Å². The van der Waals surface area contributed by atoms with Crippen LogP contribution in [0.25, 0.3) is 0 Å². The molecule has 2 aliphatic heterocycles. The average molecular weight is 328 g/mol. The summed E-state index contributed by atoms with van der Waals surface area (Å²) in [5.41, 5.74) is 2.84. The summed E-state index contributed by atoms with van der Waals surface area (Å²) in [5, 5.41) is 13.2. The van der Waals surface area contributed by atoms with E-state index in [1.54, 1.807) is 0 Å². The second kappa shape index (κ2) is 8.17. The number of nitrogens with one attached hydrogen (secondary N) is 1. The lowest BCUT2D eigenvalue weighted by molar-refractivity contribution is -0.142. The minimum absolute atomic E-state index is 0.183. The molecule has 1 fully saturated rings. The lowest BCUT2D eigenvalue weighted by Gasteiger charge is -2.29. The molecule has 0 radical (unpaired) electrons. The Morgan fingerprint density at radius 2 is 2.04 bits per heavy atom. The van der Waals surface area contributed by atoms with Crippen LogP contribution in [0.3, 0.4) is 0 Å². The molecule has 1 saturated heterocycles. The number of carboxylic acid groups (broad SMARTS) is 1. The highest BCUT2D eigenvalue weighted by Gasteiger charge is 2.37. The maximum atomic E-state index is 11.6. The van der Waals surface area contributed by atoms with Gasteiger partial charge in [-0.3, -0.25) is 4.79 Å². The average Bonchev–Trinajstić information content (AvgIpc) is 2.98. The molecule has 2 N–H and O–H groups in total. The fourth-order valence-corrected chi connectivity index (χ4v) is 4.30. The van der Waals surface area contributed by atoms with E-state index in [1.165, 1.54) is 23.9 Å². The molecule has 0 aliphatic carbocycles. The Labute approximate surface area is 146 Å². The monoisotopic (exact) mass is 328 g/mol. The van der Waals surface area contributed by atoms with Crippen LogP contribution in [0, 0.1) is 11.8 Å². The highest BCUT2D eigenvalue weighted by molar-refractivity contribution is 6.08. The van der Waals surface area contributed by atoms with Gasteiger partial charge in [-0.1, -0.05) is 43.4 Å². The maximum Gasteiger partial charge on any atom is 0.308 e. The number of hydrogen-bond acceptors (Lipinski definition) is 3. The van der Waals surface area contributed by atoms with Crippen LogP contribution in [0.5, 0.6) is 0 Å². The van der Waals surface area contributed by atoms with Crippen molar-refractivity contribution in [2.24, 2.45) is 11.8 Å². The smallest absolute Gasteiger partial charge is 0.308 e. The van der Waals surface area contributed by atoms with Crippen molar-refractivity contribution in [1.82, 2.24) is 10.2 Å². The minimum Gasteiger partial charge on any atom is -0.481 e. The van der Waals surface area contributed by atoms with Gasteiger partial charge in [-0.25, -0.2) is 0 Å². The molecule has 0 bridgehead atoms.